The highest BCUT2D eigenvalue weighted by Crippen LogP contribution is 2.22. The number of likely N-dealkylation sites (tertiary alicyclic amines) is 1. The highest BCUT2D eigenvalue weighted by molar-refractivity contribution is 7.89. The number of nitrogen functional groups attached to an aromatic ring is 1. The second-order valence-corrected chi connectivity index (χ2v) is 11.1. The van der Waals surface area contributed by atoms with E-state index in [1.807, 2.05) is 12.1 Å². The fraction of sp³-hybridized carbons (Fsp3) is 0.259. The van der Waals surface area contributed by atoms with Crippen molar-refractivity contribution in [2.45, 2.75) is 42.8 Å². The number of nitrogens with one attached hydrogen (secondary N) is 3. The minimum absolute atomic E-state index is 0.0602. The molecule has 1 saturated heterocycles. The topological polar surface area (TPSA) is 189 Å². The number of benzene rings is 3. The lowest BCUT2D eigenvalue weighted by Crippen LogP contribution is -2.54. The third-order valence-electron chi connectivity index (χ3n) is 6.60. The number of fused-ring (bicyclic) bond motifs is 1. The number of hydrogen-bond acceptors (Lipinski definition) is 6. The third-order valence-corrected chi connectivity index (χ3v) is 8.07. The summed E-state index contributed by atoms with van der Waals surface area (Å²) in [7, 11) is -4.19. The maximum absolute atomic E-state index is 13.5. The Kier molecular flexibility index (Phi) is 8.27. The largest absolute Gasteiger partial charge is 0.384 e. The van der Waals surface area contributed by atoms with Crippen LogP contribution in [-0.2, 0) is 31.0 Å². The second-order valence-electron chi connectivity index (χ2n) is 9.37. The van der Waals surface area contributed by atoms with Crippen LogP contribution in [0.25, 0.3) is 10.8 Å². The summed E-state index contributed by atoms with van der Waals surface area (Å²) in [6, 6.07) is 16.3. The van der Waals surface area contributed by atoms with Gasteiger partial charge in [-0.2, -0.15) is 4.72 Å². The second kappa shape index (κ2) is 11.6. The van der Waals surface area contributed by atoms with Crippen LogP contribution in [0.4, 0.5) is 0 Å². The Hall–Kier alpha value is -4.29. The molecule has 3 amide bonds. The lowest BCUT2D eigenvalue weighted by molar-refractivity contribution is -0.140. The Morgan fingerprint density at radius 2 is 1.69 bits per heavy atom. The van der Waals surface area contributed by atoms with Crippen molar-refractivity contribution in [3.63, 3.8) is 0 Å². The van der Waals surface area contributed by atoms with Gasteiger partial charge in [0.15, 0.2) is 0 Å². The fourth-order valence-electron chi connectivity index (χ4n) is 4.58. The van der Waals surface area contributed by atoms with Crippen molar-refractivity contribution in [1.82, 2.24) is 14.9 Å². The molecule has 1 aliphatic heterocycles. The van der Waals surface area contributed by atoms with E-state index < -0.39 is 46.2 Å². The Morgan fingerprint density at radius 3 is 2.36 bits per heavy atom. The molecule has 7 N–H and O–H groups in total. The number of amidine groups is 1. The number of sulfonamides is 1. The number of rotatable bonds is 10. The van der Waals surface area contributed by atoms with E-state index in [9.17, 15) is 22.8 Å². The SMILES string of the molecule is N=C(N)c1ccc(CNC(=O)[C@@H]2CCCN2C(=O)[C@@H](CC(N)=O)NS(=O)(=O)c2ccc3ccccc3c2)cc1. The maximum Gasteiger partial charge on any atom is 0.243 e. The van der Waals surface area contributed by atoms with Gasteiger partial charge in [0.2, 0.25) is 27.7 Å². The van der Waals surface area contributed by atoms with E-state index >= 15 is 0 Å². The van der Waals surface area contributed by atoms with E-state index in [0.29, 0.717) is 23.8 Å². The van der Waals surface area contributed by atoms with Gasteiger partial charge in [0.25, 0.3) is 0 Å². The third kappa shape index (κ3) is 6.59. The molecule has 3 aromatic carbocycles. The minimum atomic E-state index is -4.19. The summed E-state index contributed by atoms with van der Waals surface area (Å²) in [6.45, 7) is 0.423. The van der Waals surface area contributed by atoms with E-state index in [0.717, 1.165) is 10.9 Å². The highest BCUT2D eigenvalue weighted by Gasteiger charge is 2.39. The first kappa shape index (κ1) is 27.7. The average Bonchev–Trinajstić information content (AvgIpc) is 3.40. The first-order valence-electron chi connectivity index (χ1n) is 12.4. The average molecular weight is 551 g/mol. The molecule has 2 atom stereocenters. The molecule has 0 unspecified atom stereocenters. The normalized spacial score (nSPS) is 16.1. The van der Waals surface area contributed by atoms with Gasteiger partial charge in [-0.15, -0.1) is 0 Å². The highest BCUT2D eigenvalue weighted by atomic mass is 32.2. The van der Waals surface area contributed by atoms with Gasteiger partial charge in [0.05, 0.1) is 11.3 Å². The summed E-state index contributed by atoms with van der Waals surface area (Å²) in [4.78, 5) is 39.5. The van der Waals surface area contributed by atoms with Gasteiger partial charge >= 0.3 is 0 Å². The maximum atomic E-state index is 13.5. The Labute approximate surface area is 226 Å². The molecule has 4 rings (SSSR count). The van der Waals surface area contributed by atoms with E-state index in [1.54, 1.807) is 42.5 Å². The summed E-state index contributed by atoms with van der Waals surface area (Å²) in [5, 5.41) is 11.8. The lowest BCUT2D eigenvalue weighted by atomic mass is 10.1. The van der Waals surface area contributed by atoms with Crippen molar-refractivity contribution in [2.75, 3.05) is 6.54 Å². The van der Waals surface area contributed by atoms with Crippen LogP contribution in [0.2, 0.25) is 0 Å². The molecular formula is C27H30N6O5S. The Balaban J connectivity index is 1.47. The standard InChI is InChI=1S/C27H30N6O5S/c28-24(34)15-22(32-39(37,38)21-12-11-18-4-1-2-5-20(18)14-21)27(36)33-13-3-6-23(33)26(35)31-16-17-7-9-19(10-8-17)25(29)30/h1-2,4-5,7-12,14,22-23,32H,3,6,13,15-16H2,(H2,28,34)(H3,29,30)(H,31,35)/t22-,23+/m1/s1. The zero-order chi connectivity index (χ0) is 28.2. The van der Waals surface area contributed by atoms with Gasteiger partial charge in [-0.3, -0.25) is 19.8 Å². The van der Waals surface area contributed by atoms with Gasteiger partial charge in [0.1, 0.15) is 17.9 Å². The van der Waals surface area contributed by atoms with Crippen molar-refractivity contribution in [3.05, 3.63) is 77.9 Å². The summed E-state index contributed by atoms with van der Waals surface area (Å²) >= 11 is 0. The molecule has 12 heteroatoms. The molecule has 0 saturated carbocycles. The molecular weight excluding hydrogens is 520 g/mol. The van der Waals surface area contributed by atoms with Gasteiger partial charge in [-0.1, -0.05) is 54.6 Å². The number of amides is 3. The van der Waals surface area contributed by atoms with Crippen molar-refractivity contribution in [3.8, 4) is 0 Å². The fourth-order valence-corrected chi connectivity index (χ4v) is 5.81. The number of carbonyl (C=O) groups is 3. The van der Waals surface area contributed by atoms with Crippen LogP contribution in [0.1, 0.15) is 30.4 Å². The van der Waals surface area contributed by atoms with Gasteiger partial charge in [-0.25, -0.2) is 8.42 Å². The van der Waals surface area contributed by atoms with E-state index in [4.69, 9.17) is 16.9 Å². The molecule has 1 aliphatic rings. The summed E-state index contributed by atoms with van der Waals surface area (Å²) in [5.41, 5.74) is 12.2. The predicted octanol–water partition coefficient (Wildman–Crippen LogP) is 0.954. The molecule has 1 heterocycles. The van der Waals surface area contributed by atoms with Crippen LogP contribution >= 0.6 is 0 Å². The van der Waals surface area contributed by atoms with Gasteiger partial charge < -0.3 is 21.7 Å². The van der Waals surface area contributed by atoms with Crippen molar-refractivity contribution < 1.29 is 22.8 Å². The van der Waals surface area contributed by atoms with Crippen LogP contribution in [0.15, 0.2) is 71.6 Å². The van der Waals surface area contributed by atoms with Crippen LogP contribution in [0.5, 0.6) is 0 Å². The van der Waals surface area contributed by atoms with Crippen LogP contribution < -0.4 is 21.5 Å². The summed E-state index contributed by atoms with van der Waals surface area (Å²) in [5.74, 6) is -2.01. The molecule has 39 heavy (non-hydrogen) atoms. The predicted molar refractivity (Wildman–Crippen MR) is 146 cm³/mol. The van der Waals surface area contributed by atoms with Crippen molar-refractivity contribution >= 4 is 44.4 Å². The number of nitrogens with two attached hydrogens (primary N) is 2. The number of carbonyl (C=O) groups excluding carboxylic acids is 3. The molecule has 0 aliphatic carbocycles. The molecule has 0 radical (unpaired) electrons. The van der Waals surface area contributed by atoms with E-state index in [1.165, 1.54) is 17.0 Å². The van der Waals surface area contributed by atoms with Crippen LogP contribution in [-0.4, -0.2) is 55.5 Å². The Morgan fingerprint density at radius 1 is 1.00 bits per heavy atom. The molecule has 1 fully saturated rings. The molecule has 0 bridgehead atoms. The first-order chi connectivity index (χ1) is 18.5. The van der Waals surface area contributed by atoms with Gasteiger partial charge in [-0.05, 0) is 41.3 Å². The number of primary amides is 1. The van der Waals surface area contributed by atoms with Gasteiger partial charge in [0, 0.05) is 18.7 Å². The number of nitrogens with zero attached hydrogens (tertiary/aromatic N) is 1. The molecule has 11 nitrogen and oxygen atoms in total. The number of hydrogen-bond donors (Lipinski definition) is 5. The smallest absolute Gasteiger partial charge is 0.243 e. The van der Waals surface area contributed by atoms with E-state index in [2.05, 4.69) is 10.0 Å². The molecule has 204 valence electrons. The molecule has 3 aromatic rings. The zero-order valence-electron chi connectivity index (χ0n) is 21.1. The minimum Gasteiger partial charge on any atom is -0.384 e. The molecule has 0 aromatic heterocycles. The first-order valence-corrected chi connectivity index (χ1v) is 13.8. The summed E-state index contributed by atoms with van der Waals surface area (Å²) in [6.07, 6.45) is 0.373. The van der Waals surface area contributed by atoms with Crippen LogP contribution in [0.3, 0.4) is 0 Å². The van der Waals surface area contributed by atoms with Crippen molar-refractivity contribution in [2.24, 2.45) is 11.5 Å². The van der Waals surface area contributed by atoms with Crippen molar-refractivity contribution in [1.29, 1.82) is 5.41 Å². The summed E-state index contributed by atoms with van der Waals surface area (Å²) < 4.78 is 28.7. The van der Waals surface area contributed by atoms with E-state index in [-0.39, 0.29) is 23.8 Å². The quantitative estimate of drug-likeness (QED) is 0.184. The zero-order valence-corrected chi connectivity index (χ0v) is 21.9. The Bertz CT molecular complexity index is 1520. The monoisotopic (exact) mass is 550 g/mol. The molecule has 0 spiro atoms. The van der Waals surface area contributed by atoms with Crippen LogP contribution in [0, 0.1) is 5.41 Å². The lowest BCUT2D eigenvalue weighted by Gasteiger charge is -2.28.